The molecule has 0 aliphatic carbocycles. The number of allylic oxidation sites excluding steroid dienone is 5. The number of nitrogens with one attached hydrogen (secondary N) is 1. The maximum Gasteiger partial charge on any atom is 0.160 e. The second-order valence-electron chi connectivity index (χ2n) is 10.00. The van der Waals surface area contributed by atoms with Gasteiger partial charge in [0.15, 0.2) is 11.4 Å². The van der Waals surface area contributed by atoms with E-state index in [9.17, 15) is 5.11 Å². The van der Waals surface area contributed by atoms with Gasteiger partial charge in [0.2, 0.25) is 0 Å². The Bertz CT molecular complexity index is 1000. The van der Waals surface area contributed by atoms with Crippen molar-refractivity contribution in [2.75, 3.05) is 59.4 Å². The van der Waals surface area contributed by atoms with E-state index in [-0.39, 0.29) is 31.0 Å². The first-order valence-corrected chi connectivity index (χ1v) is 13.9. The Morgan fingerprint density at radius 3 is 2.87 bits per heavy atom. The molecule has 10 nitrogen and oxygen atoms in total. The Hall–Kier alpha value is -2.28. The van der Waals surface area contributed by atoms with E-state index < -0.39 is 0 Å². The second kappa shape index (κ2) is 14.8. The summed E-state index contributed by atoms with van der Waals surface area (Å²) >= 11 is 1.35. The van der Waals surface area contributed by atoms with E-state index in [2.05, 4.69) is 44.3 Å². The Morgan fingerprint density at radius 2 is 2.18 bits per heavy atom. The van der Waals surface area contributed by atoms with Crippen molar-refractivity contribution in [2.45, 2.75) is 38.8 Å². The number of amidine groups is 2. The Balaban J connectivity index is 1.70. The van der Waals surface area contributed by atoms with Crippen LogP contribution in [0.5, 0.6) is 0 Å². The number of aliphatic hydroxyl groups excluding tert-OH is 1. The number of nitrogens with zero attached hydrogens (tertiary/aromatic N) is 5. The maximum atomic E-state index is 9.74. The molecule has 0 amide bonds. The minimum atomic E-state index is -0.251. The van der Waals surface area contributed by atoms with Crippen LogP contribution < -0.4 is 11.1 Å². The van der Waals surface area contributed by atoms with Crippen molar-refractivity contribution in [3.63, 3.8) is 0 Å². The number of aliphatic imine (C=N–C) groups is 3. The van der Waals surface area contributed by atoms with Gasteiger partial charge in [-0.1, -0.05) is 37.1 Å². The number of thioether (sulfide) groups is 1. The number of fused-ring (bicyclic) bond motifs is 1. The molecule has 38 heavy (non-hydrogen) atoms. The van der Waals surface area contributed by atoms with Crippen LogP contribution in [0, 0.1) is 5.92 Å². The van der Waals surface area contributed by atoms with E-state index in [1.807, 2.05) is 27.1 Å². The van der Waals surface area contributed by atoms with Crippen LogP contribution in [0.4, 0.5) is 0 Å². The summed E-state index contributed by atoms with van der Waals surface area (Å²) in [4.78, 5) is 17.9. The number of rotatable bonds is 10. The van der Waals surface area contributed by atoms with Gasteiger partial charge in [-0.3, -0.25) is 9.89 Å². The normalized spacial score (nSPS) is 28.4. The lowest BCUT2D eigenvalue weighted by molar-refractivity contribution is -0.00594. The summed E-state index contributed by atoms with van der Waals surface area (Å²) in [6, 6.07) is 0. The van der Waals surface area contributed by atoms with Crippen molar-refractivity contribution in [2.24, 2.45) is 26.6 Å². The van der Waals surface area contributed by atoms with Crippen LogP contribution in [0.25, 0.3) is 0 Å². The summed E-state index contributed by atoms with van der Waals surface area (Å²) < 4.78 is 12.1. The SMILES string of the molecule is C=C(C)/N=C(/N)SC/N=C\C(=C)C(/C=C1\COCCN(C2NC(CN(C)C)=NC3OC(CO)C[C@@H]32)C1)=C/C. The number of nitrogens with two attached hydrogens (primary N) is 1. The number of hydrogen-bond donors (Lipinski definition) is 3. The van der Waals surface area contributed by atoms with Crippen LogP contribution in [0.3, 0.4) is 0 Å². The summed E-state index contributed by atoms with van der Waals surface area (Å²) in [7, 11) is 4.05. The number of ether oxygens (including phenoxy) is 2. The van der Waals surface area contributed by atoms with Crippen LogP contribution in [-0.4, -0.2) is 110 Å². The molecule has 2 saturated heterocycles. The van der Waals surface area contributed by atoms with Crippen molar-refractivity contribution < 1.29 is 14.6 Å². The molecule has 3 aliphatic heterocycles. The summed E-state index contributed by atoms with van der Waals surface area (Å²) in [6.45, 7) is 15.2. The number of hydrogen-bond acceptors (Lipinski definition) is 10. The molecule has 0 saturated carbocycles. The van der Waals surface area contributed by atoms with E-state index in [1.165, 1.54) is 11.8 Å². The van der Waals surface area contributed by atoms with E-state index in [0.717, 1.165) is 42.1 Å². The monoisotopic (exact) mass is 545 g/mol. The highest BCUT2D eigenvalue weighted by Crippen LogP contribution is 2.34. The first-order chi connectivity index (χ1) is 18.2. The summed E-state index contributed by atoms with van der Waals surface area (Å²) in [6.07, 6.45) is 6.32. The quantitative estimate of drug-likeness (QED) is 0.217. The molecule has 3 aliphatic rings. The molecule has 3 heterocycles. The average molecular weight is 546 g/mol. The van der Waals surface area contributed by atoms with E-state index >= 15 is 0 Å². The zero-order chi connectivity index (χ0) is 27.7. The lowest BCUT2D eigenvalue weighted by atomic mass is 9.96. The molecular formula is C27H43N7O3S. The maximum absolute atomic E-state index is 9.74. The number of aliphatic hydroxyl groups is 1. The molecule has 3 rings (SSSR count). The Kier molecular flexibility index (Phi) is 11.8. The molecule has 0 bridgehead atoms. The largest absolute Gasteiger partial charge is 0.394 e. The minimum absolute atomic E-state index is 0.00658. The molecule has 0 radical (unpaired) electrons. The summed E-state index contributed by atoms with van der Waals surface area (Å²) in [5, 5.41) is 13.9. The molecule has 0 aromatic rings. The van der Waals surface area contributed by atoms with Gasteiger partial charge in [0, 0.05) is 30.9 Å². The molecule has 2 fully saturated rings. The van der Waals surface area contributed by atoms with Crippen molar-refractivity contribution in [3.8, 4) is 0 Å². The average Bonchev–Trinajstić information content (AvgIpc) is 3.14. The van der Waals surface area contributed by atoms with Gasteiger partial charge in [0.05, 0.1) is 44.5 Å². The van der Waals surface area contributed by atoms with Crippen molar-refractivity contribution >= 4 is 29.0 Å². The predicted molar refractivity (Wildman–Crippen MR) is 158 cm³/mol. The van der Waals surface area contributed by atoms with Gasteiger partial charge in [-0.2, -0.15) is 0 Å². The van der Waals surface area contributed by atoms with Crippen LogP contribution in [-0.2, 0) is 9.47 Å². The highest BCUT2D eigenvalue weighted by molar-refractivity contribution is 8.13. The Morgan fingerprint density at radius 1 is 1.39 bits per heavy atom. The van der Waals surface area contributed by atoms with Gasteiger partial charge < -0.3 is 30.5 Å². The Labute approximate surface area is 231 Å². The fraction of sp³-hybridized carbons (Fsp3) is 0.593. The third-order valence-corrected chi connectivity index (χ3v) is 7.06. The molecule has 210 valence electrons. The standard InChI is InChI=1S/C27H43N7O3S/c1-7-21(19(4)12-29-17-38-27(28)30-18(2)3)10-20-13-34(8-9-36-16-20)25-23-11-22(15-35)37-26(23)32-24(31-25)14-33(5)6/h7,10,12,22-23,25-26,35H,2,4,8-9,11,13-17H2,1,3,5-6H3,(H2,28,30)(H,31,32)/b20-10-,21-7+,29-12-/t22?,23-,25?,26?/m1/s1. The van der Waals surface area contributed by atoms with E-state index in [1.54, 1.807) is 13.1 Å². The molecule has 3 unspecified atom stereocenters. The van der Waals surface area contributed by atoms with Gasteiger partial charge in [-0.25, -0.2) is 9.98 Å². The molecule has 0 aromatic carbocycles. The minimum Gasteiger partial charge on any atom is -0.394 e. The lowest BCUT2D eigenvalue weighted by Crippen LogP contribution is -2.59. The summed E-state index contributed by atoms with van der Waals surface area (Å²) in [5.74, 6) is 1.51. The van der Waals surface area contributed by atoms with Gasteiger partial charge >= 0.3 is 0 Å². The molecule has 4 atom stereocenters. The molecule has 4 N–H and O–H groups in total. The van der Waals surface area contributed by atoms with Crippen LogP contribution in [0.15, 0.2) is 62.7 Å². The third-order valence-electron chi connectivity index (χ3n) is 6.39. The van der Waals surface area contributed by atoms with Crippen molar-refractivity contribution in [1.82, 2.24) is 15.1 Å². The fourth-order valence-corrected chi connectivity index (χ4v) is 5.24. The van der Waals surface area contributed by atoms with Crippen LogP contribution >= 0.6 is 11.8 Å². The predicted octanol–water partition coefficient (Wildman–Crippen LogP) is 1.97. The van der Waals surface area contributed by atoms with E-state index in [0.29, 0.717) is 36.5 Å². The highest BCUT2D eigenvalue weighted by atomic mass is 32.2. The van der Waals surface area contributed by atoms with E-state index in [4.69, 9.17) is 20.2 Å². The highest BCUT2D eigenvalue weighted by Gasteiger charge is 2.45. The lowest BCUT2D eigenvalue weighted by Gasteiger charge is -2.40. The fourth-order valence-electron chi connectivity index (χ4n) is 4.74. The first kappa shape index (κ1) is 30.3. The zero-order valence-corrected chi connectivity index (χ0v) is 23.9. The molecule has 0 spiro atoms. The van der Waals surface area contributed by atoms with Crippen LogP contribution in [0.2, 0.25) is 0 Å². The molecular weight excluding hydrogens is 502 g/mol. The smallest absolute Gasteiger partial charge is 0.160 e. The third kappa shape index (κ3) is 8.89. The van der Waals surface area contributed by atoms with Gasteiger partial charge in [0.25, 0.3) is 0 Å². The summed E-state index contributed by atoms with van der Waals surface area (Å²) in [5.41, 5.74) is 9.49. The number of likely N-dealkylation sites (N-methyl/N-ethyl adjacent to an activating group) is 1. The topological polar surface area (TPSA) is 120 Å². The molecule has 11 heteroatoms. The zero-order valence-electron chi connectivity index (χ0n) is 23.1. The second-order valence-corrected chi connectivity index (χ2v) is 11.0. The van der Waals surface area contributed by atoms with Crippen molar-refractivity contribution in [3.05, 3.63) is 47.7 Å². The molecule has 0 aromatic heterocycles. The first-order valence-electron chi connectivity index (χ1n) is 12.9. The van der Waals surface area contributed by atoms with Gasteiger partial charge in [-0.15, -0.1) is 0 Å². The van der Waals surface area contributed by atoms with Gasteiger partial charge in [0.1, 0.15) is 5.84 Å². The van der Waals surface area contributed by atoms with Crippen LogP contribution in [0.1, 0.15) is 20.3 Å². The van der Waals surface area contributed by atoms with Gasteiger partial charge in [-0.05, 0) is 51.1 Å². The van der Waals surface area contributed by atoms with Crippen molar-refractivity contribution in [1.29, 1.82) is 0 Å².